The number of halogens is 1. The van der Waals surface area contributed by atoms with E-state index in [9.17, 15) is 4.39 Å². The lowest BCUT2D eigenvalue weighted by atomic mass is 10.1. The van der Waals surface area contributed by atoms with Gasteiger partial charge in [0.15, 0.2) is 17.5 Å². The number of methoxy groups -OCH3 is 1. The van der Waals surface area contributed by atoms with E-state index >= 15 is 0 Å². The summed E-state index contributed by atoms with van der Waals surface area (Å²) in [7, 11) is 3.16. The first-order valence-corrected chi connectivity index (χ1v) is 7.45. The first kappa shape index (κ1) is 16.8. The predicted molar refractivity (Wildman–Crippen MR) is 91.2 cm³/mol. The molecule has 0 aliphatic carbocycles. The fourth-order valence-corrected chi connectivity index (χ4v) is 2.23. The van der Waals surface area contributed by atoms with Crippen LogP contribution in [0.25, 0.3) is 0 Å². The van der Waals surface area contributed by atoms with Crippen molar-refractivity contribution in [1.82, 2.24) is 10.6 Å². The van der Waals surface area contributed by atoms with Crippen LogP contribution in [0.2, 0.25) is 0 Å². The Bertz CT molecular complexity index is 686. The van der Waals surface area contributed by atoms with Crippen LogP contribution in [0, 0.1) is 12.7 Å². The van der Waals surface area contributed by atoms with Crippen LogP contribution in [0.5, 0.6) is 5.75 Å². The predicted octanol–water partition coefficient (Wildman–Crippen LogP) is 3.01. The smallest absolute Gasteiger partial charge is 0.191 e. The Hall–Kier alpha value is -2.56. The van der Waals surface area contributed by atoms with Crippen LogP contribution in [0.4, 0.5) is 4.39 Å². The highest BCUT2D eigenvalue weighted by Crippen LogP contribution is 2.17. The van der Waals surface area contributed by atoms with Crippen LogP contribution in [0.3, 0.4) is 0 Å². The van der Waals surface area contributed by atoms with Gasteiger partial charge in [0.1, 0.15) is 0 Å². The Kier molecular flexibility index (Phi) is 5.97. The number of hydrogen-bond donors (Lipinski definition) is 2. The highest BCUT2D eigenvalue weighted by molar-refractivity contribution is 5.79. The molecule has 0 radical (unpaired) electrons. The number of hydrogen-bond acceptors (Lipinski definition) is 2. The third-order valence-electron chi connectivity index (χ3n) is 3.44. The summed E-state index contributed by atoms with van der Waals surface area (Å²) in [6.45, 7) is 3.22. The topological polar surface area (TPSA) is 45.7 Å². The second kappa shape index (κ2) is 8.17. The third-order valence-corrected chi connectivity index (χ3v) is 3.44. The van der Waals surface area contributed by atoms with Crippen LogP contribution in [0.15, 0.2) is 47.5 Å². The molecule has 0 amide bonds. The van der Waals surface area contributed by atoms with Crippen molar-refractivity contribution < 1.29 is 9.13 Å². The number of nitrogens with one attached hydrogen (secondary N) is 2. The molecule has 0 aliphatic heterocycles. The van der Waals surface area contributed by atoms with Gasteiger partial charge in [0.05, 0.1) is 7.11 Å². The molecule has 0 saturated heterocycles. The molecule has 5 heteroatoms. The van der Waals surface area contributed by atoms with E-state index in [2.05, 4.69) is 40.7 Å². The summed E-state index contributed by atoms with van der Waals surface area (Å²) in [4.78, 5) is 4.17. The Morgan fingerprint density at radius 3 is 2.35 bits per heavy atom. The monoisotopic (exact) mass is 315 g/mol. The SMILES string of the molecule is CN=C(NCc1cccc(C)c1)NCc1ccc(OC)c(F)c1. The van der Waals surface area contributed by atoms with E-state index in [1.54, 1.807) is 13.1 Å². The second-order valence-electron chi connectivity index (χ2n) is 5.24. The minimum atomic E-state index is -0.366. The molecule has 2 aromatic rings. The molecule has 2 aromatic carbocycles. The molecular weight excluding hydrogens is 293 g/mol. The average Bonchev–Trinajstić information content (AvgIpc) is 2.55. The van der Waals surface area contributed by atoms with E-state index in [0.717, 1.165) is 5.56 Å². The fourth-order valence-electron chi connectivity index (χ4n) is 2.23. The minimum absolute atomic E-state index is 0.246. The molecule has 4 nitrogen and oxygen atoms in total. The Morgan fingerprint density at radius 2 is 1.78 bits per heavy atom. The second-order valence-corrected chi connectivity index (χ2v) is 5.24. The summed E-state index contributed by atoms with van der Waals surface area (Å²) in [5, 5.41) is 6.41. The van der Waals surface area contributed by atoms with E-state index in [1.807, 2.05) is 12.1 Å². The number of aliphatic imine (C=N–C) groups is 1. The summed E-state index contributed by atoms with van der Waals surface area (Å²) >= 11 is 0. The van der Waals surface area contributed by atoms with Gasteiger partial charge in [0.25, 0.3) is 0 Å². The van der Waals surface area contributed by atoms with Crippen molar-refractivity contribution in [3.8, 4) is 5.75 Å². The number of aryl methyl sites for hydroxylation is 1. The first-order chi connectivity index (χ1) is 11.1. The lowest BCUT2D eigenvalue weighted by Gasteiger charge is -2.13. The van der Waals surface area contributed by atoms with Crippen LogP contribution in [0.1, 0.15) is 16.7 Å². The standard InChI is InChI=1S/C18H22FN3O/c1-13-5-4-6-14(9-13)11-21-18(20-2)22-12-15-7-8-17(23-3)16(19)10-15/h4-10H,11-12H2,1-3H3,(H2,20,21,22). The number of guanidine groups is 1. The van der Waals surface area contributed by atoms with Gasteiger partial charge in [-0.2, -0.15) is 0 Å². The van der Waals surface area contributed by atoms with Gasteiger partial charge in [-0.1, -0.05) is 35.9 Å². The summed E-state index contributed by atoms with van der Waals surface area (Å²) in [6, 6.07) is 13.2. The van der Waals surface area contributed by atoms with Gasteiger partial charge in [-0.3, -0.25) is 4.99 Å². The summed E-state index contributed by atoms with van der Waals surface area (Å²) < 4.78 is 18.6. The number of nitrogens with zero attached hydrogens (tertiary/aromatic N) is 1. The van der Waals surface area contributed by atoms with E-state index in [4.69, 9.17) is 4.74 Å². The van der Waals surface area contributed by atoms with Gasteiger partial charge in [-0.25, -0.2) is 4.39 Å². The maximum atomic E-state index is 13.7. The molecular formula is C18H22FN3O. The van der Waals surface area contributed by atoms with Crippen molar-refractivity contribution in [3.05, 3.63) is 65.0 Å². The lowest BCUT2D eigenvalue weighted by molar-refractivity contribution is 0.386. The Morgan fingerprint density at radius 1 is 1.09 bits per heavy atom. The fraction of sp³-hybridized carbons (Fsp3) is 0.278. The van der Waals surface area contributed by atoms with E-state index < -0.39 is 0 Å². The van der Waals surface area contributed by atoms with Crippen molar-refractivity contribution in [2.24, 2.45) is 4.99 Å². The zero-order valence-corrected chi connectivity index (χ0v) is 13.7. The van der Waals surface area contributed by atoms with Gasteiger partial charge in [0.2, 0.25) is 0 Å². The molecule has 0 heterocycles. The summed E-state index contributed by atoms with van der Waals surface area (Å²) in [6.07, 6.45) is 0. The molecule has 2 rings (SSSR count). The van der Waals surface area contributed by atoms with Crippen molar-refractivity contribution in [3.63, 3.8) is 0 Å². The molecule has 0 spiro atoms. The number of ether oxygens (including phenoxy) is 1. The van der Waals surface area contributed by atoms with Crippen molar-refractivity contribution >= 4 is 5.96 Å². The van der Waals surface area contributed by atoms with Gasteiger partial charge in [-0.15, -0.1) is 0 Å². The van der Waals surface area contributed by atoms with E-state index in [-0.39, 0.29) is 11.6 Å². The quantitative estimate of drug-likeness (QED) is 0.658. The van der Waals surface area contributed by atoms with E-state index in [0.29, 0.717) is 19.0 Å². The van der Waals surface area contributed by atoms with Gasteiger partial charge >= 0.3 is 0 Å². The normalized spacial score (nSPS) is 11.2. The molecule has 0 aromatic heterocycles. The average molecular weight is 315 g/mol. The number of rotatable bonds is 5. The Labute approximate surface area is 136 Å². The molecule has 0 aliphatic rings. The van der Waals surface area contributed by atoms with Crippen LogP contribution >= 0.6 is 0 Å². The molecule has 0 unspecified atom stereocenters. The first-order valence-electron chi connectivity index (χ1n) is 7.45. The largest absolute Gasteiger partial charge is 0.494 e. The van der Waals surface area contributed by atoms with Crippen LogP contribution < -0.4 is 15.4 Å². The molecule has 0 atom stereocenters. The molecule has 23 heavy (non-hydrogen) atoms. The molecule has 0 fully saturated rings. The highest BCUT2D eigenvalue weighted by Gasteiger charge is 2.04. The maximum Gasteiger partial charge on any atom is 0.191 e. The van der Waals surface area contributed by atoms with Gasteiger partial charge in [-0.05, 0) is 30.2 Å². The molecule has 0 saturated carbocycles. The zero-order valence-electron chi connectivity index (χ0n) is 13.7. The van der Waals surface area contributed by atoms with Gasteiger partial charge < -0.3 is 15.4 Å². The summed E-state index contributed by atoms with van der Waals surface area (Å²) in [5.74, 6) is 0.549. The summed E-state index contributed by atoms with van der Waals surface area (Å²) in [5.41, 5.74) is 3.23. The van der Waals surface area contributed by atoms with Crippen molar-refractivity contribution in [2.45, 2.75) is 20.0 Å². The lowest BCUT2D eigenvalue weighted by Crippen LogP contribution is -2.36. The van der Waals surface area contributed by atoms with Crippen molar-refractivity contribution in [2.75, 3.05) is 14.2 Å². The molecule has 0 bridgehead atoms. The van der Waals surface area contributed by atoms with Crippen LogP contribution in [-0.4, -0.2) is 20.1 Å². The van der Waals surface area contributed by atoms with Gasteiger partial charge in [0, 0.05) is 20.1 Å². The van der Waals surface area contributed by atoms with Crippen molar-refractivity contribution in [1.29, 1.82) is 0 Å². The maximum absolute atomic E-state index is 13.7. The van der Waals surface area contributed by atoms with E-state index in [1.165, 1.54) is 24.3 Å². The third kappa shape index (κ3) is 4.98. The minimum Gasteiger partial charge on any atom is -0.494 e. The number of benzene rings is 2. The Balaban J connectivity index is 1.89. The molecule has 122 valence electrons. The molecule has 2 N–H and O–H groups in total. The zero-order chi connectivity index (χ0) is 16.7. The highest BCUT2D eigenvalue weighted by atomic mass is 19.1. The van der Waals surface area contributed by atoms with Crippen LogP contribution in [-0.2, 0) is 13.1 Å².